The number of halogens is 1. The maximum atomic E-state index is 12.3. The number of amides is 1. The fourth-order valence-corrected chi connectivity index (χ4v) is 3.50. The van der Waals surface area contributed by atoms with Crippen LogP contribution >= 0.6 is 15.9 Å². The van der Waals surface area contributed by atoms with Gasteiger partial charge in [-0.25, -0.2) is 4.98 Å². The first kappa shape index (κ1) is 16.2. The summed E-state index contributed by atoms with van der Waals surface area (Å²) in [7, 11) is 0. The summed E-state index contributed by atoms with van der Waals surface area (Å²) >= 11 is 3.46. The highest BCUT2D eigenvalue weighted by Crippen LogP contribution is 2.31. The molecule has 1 aliphatic heterocycles. The largest absolute Gasteiger partial charge is 0.342 e. The van der Waals surface area contributed by atoms with Gasteiger partial charge in [0.1, 0.15) is 5.82 Å². The van der Waals surface area contributed by atoms with Crippen LogP contribution < -0.4 is 0 Å². The van der Waals surface area contributed by atoms with Gasteiger partial charge in [-0.1, -0.05) is 48.0 Å². The number of nitrogens with zero attached hydrogens (tertiary/aromatic N) is 3. The van der Waals surface area contributed by atoms with Gasteiger partial charge in [-0.3, -0.25) is 4.79 Å². The van der Waals surface area contributed by atoms with E-state index in [-0.39, 0.29) is 11.8 Å². The van der Waals surface area contributed by atoms with Gasteiger partial charge in [0.2, 0.25) is 5.91 Å². The lowest BCUT2D eigenvalue weighted by molar-refractivity contribution is -0.127. The van der Waals surface area contributed by atoms with Crippen LogP contribution in [0, 0.1) is 0 Å². The van der Waals surface area contributed by atoms with Crippen molar-refractivity contribution in [3.8, 4) is 0 Å². The van der Waals surface area contributed by atoms with Crippen LogP contribution in [0.2, 0.25) is 0 Å². The fraction of sp³-hybridized carbons (Fsp3) is 0.444. The van der Waals surface area contributed by atoms with Gasteiger partial charge in [-0.2, -0.15) is 0 Å². The number of para-hydroxylation sites is 2. The zero-order valence-electron chi connectivity index (χ0n) is 13.5. The maximum Gasteiger partial charge on any atom is 0.223 e. The quantitative estimate of drug-likeness (QED) is 0.763. The van der Waals surface area contributed by atoms with Gasteiger partial charge in [-0.05, 0) is 18.6 Å². The first-order valence-electron chi connectivity index (χ1n) is 8.16. The summed E-state index contributed by atoms with van der Waals surface area (Å²) in [5.74, 6) is 1.41. The first-order chi connectivity index (χ1) is 11.1. The fourth-order valence-electron chi connectivity index (χ4n) is 3.25. The lowest BCUT2D eigenvalue weighted by Gasteiger charge is -2.16. The summed E-state index contributed by atoms with van der Waals surface area (Å²) in [4.78, 5) is 19.1. The molecule has 1 aromatic carbocycles. The Morgan fingerprint density at radius 1 is 1.43 bits per heavy atom. The molecule has 1 fully saturated rings. The number of carbonyl (C=O) groups is 1. The van der Waals surface area contributed by atoms with Crippen LogP contribution in [-0.4, -0.2) is 33.4 Å². The molecular formula is C18H22BrN3O. The second-order valence-corrected chi connectivity index (χ2v) is 7.28. The number of hydrogen-bond donors (Lipinski definition) is 0. The average molecular weight is 376 g/mol. The first-order valence-corrected chi connectivity index (χ1v) is 8.95. The van der Waals surface area contributed by atoms with Crippen LogP contribution in [0.1, 0.15) is 37.9 Å². The highest BCUT2D eigenvalue weighted by atomic mass is 79.9. The highest BCUT2D eigenvalue weighted by Gasteiger charge is 2.33. The molecule has 5 heteroatoms. The van der Waals surface area contributed by atoms with Gasteiger partial charge in [0.05, 0.1) is 17.6 Å². The van der Waals surface area contributed by atoms with Crippen LogP contribution in [0.25, 0.3) is 11.0 Å². The number of unbranched alkanes of at least 4 members (excludes halogenated alkanes) is 1. The van der Waals surface area contributed by atoms with Crippen LogP contribution in [-0.2, 0) is 11.3 Å². The number of benzene rings is 1. The minimum atomic E-state index is 0.165. The number of hydrogen-bond acceptors (Lipinski definition) is 2. The van der Waals surface area contributed by atoms with Crippen molar-refractivity contribution < 1.29 is 4.79 Å². The van der Waals surface area contributed by atoms with Crippen molar-refractivity contribution in [3.63, 3.8) is 0 Å². The summed E-state index contributed by atoms with van der Waals surface area (Å²) in [6, 6.07) is 8.12. The normalized spacial score (nSPS) is 18.1. The van der Waals surface area contributed by atoms with Gasteiger partial charge >= 0.3 is 0 Å². The molecule has 3 rings (SSSR count). The average Bonchev–Trinajstić information content (AvgIpc) is 3.06. The van der Waals surface area contributed by atoms with E-state index in [0.717, 1.165) is 47.3 Å². The molecular weight excluding hydrogens is 354 g/mol. The van der Waals surface area contributed by atoms with E-state index in [1.807, 2.05) is 23.1 Å². The lowest BCUT2D eigenvalue weighted by Crippen LogP contribution is -2.26. The van der Waals surface area contributed by atoms with E-state index in [1.165, 1.54) is 0 Å². The Hall–Kier alpha value is -1.62. The Morgan fingerprint density at radius 2 is 2.22 bits per heavy atom. The zero-order valence-corrected chi connectivity index (χ0v) is 15.1. The lowest BCUT2D eigenvalue weighted by atomic mass is 10.1. The van der Waals surface area contributed by atoms with Crippen molar-refractivity contribution in [2.75, 3.05) is 13.1 Å². The molecule has 1 aliphatic rings. The molecule has 1 atom stereocenters. The van der Waals surface area contributed by atoms with Crippen molar-refractivity contribution in [2.24, 2.45) is 0 Å². The smallest absolute Gasteiger partial charge is 0.223 e. The molecule has 2 heterocycles. The number of carbonyl (C=O) groups excluding carboxylic acids is 1. The SMILES string of the molecule is C=C(Br)Cn1c([C@@H]2CC(=O)N(CCCC)C2)nc2ccccc21. The molecule has 23 heavy (non-hydrogen) atoms. The highest BCUT2D eigenvalue weighted by molar-refractivity contribution is 9.11. The standard InChI is InChI=1S/C18H22BrN3O/c1-3-4-9-21-12-14(10-17(21)23)18-20-15-7-5-6-8-16(15)22(18)11-13(2)19/h5-8,14H,2-4,9-12H2,1H3/t14-/m1/s1. The van der Waals surface area contributed by atoms with Gasteiger partial charge in [0, 0.05) is 29.9 Å². The van der Waals surface area contributed by atoms with E-state index in [9.17, 15) is 4.79 Å². The van der Waals surface area contributed by atoms with Crippen molar-refractivity contribution in [2.45, 2.75) is 38.6 Å². The number of allylic oxidation sites excluding steroid dienone is 1. The molecule has 1 aromatic heterocycles. The summed E-state index contributed by atoms with van der Waals surface area (Å²) < 4.78 is 3.10. The van der Waals surface area contributed by atoms with Crippen LogP contribution in [0.3, 0.4) is 0 Å². The van der Waals surface area contributed by atoms with E-state index >= 15 is 0 Å². The van der Waals surface area contributed by atoms with Crippen molar-refractivity contribution in [1.29, 1.82) is 0 Å². The topological polar surface area (TPSA) is 38.1 Å². The molecule has 0 radical (unpaired) electrons. The van der Waals surface area contributed by atoms with Gasteiger partial charge in [0.15, 0.2) is 0 Å². The molecule has 0 bridgehead atoms. The Labute approximate surface area is 145 Å². The summed E-state index contributed by atoms with van der Waals surface area (Å²) in [6.45, 7) is 8.43. The van der Waals surface area contributed by atoms with Crippen molar-refractivity contribution >= 4 is 32.9 Å². The van der Waals surface area contributed by atoms with Gasteiger partial charge in [-0.15, -0.1) is 0 Å². The third-order valence-corrected chi connectivity index (χ3v) is 4.63. The molecule has 0 spiro atoms. The molecule has 0 N–H and O–H groups in total. The van der Waals surface area contributed by atoms with E-state index in [0.29, 0.717) is 13.0 Å². The molecule has 0 unspecified atom stereocenters. The Bertz CT molecular complexity index is 737. The Morgan fingerprint density at radius 3 is 2.96 bits per heavy atom. The van der Waals surface area contributed by atoms with Gasteiger partial charge < -0.3 is 9.47 Å². The Kier molecular flexibility index (Phi) is 4.85. The third-order valence-electron chi connectivity index (χ3n) is 4.37. The van der Waals surface area contributed by atoms with Crippen LogP contribution in [0.5, 0.6) is 0 Å². The summed E-state index contributed by atoms with van der Waals surface area (Å²) in [5, 5.41) is 0. The van der Waals surface area contributed by atoms with E-state index in [1.54, 1.807) is 0 Å². The van der Waals surface area contributed by atoms with Crippen molar-refractivity contribution in [3.05, 3.63) is 41.2 Å². The van der Waals surface area contributed by atoms with Gasteiger partial charge in [0.25, 0.3) is 0 Å². The van der Waals surface area contributed by atoms with E-state index < -0.39 is 0 Å². The van der Waals surface area contributed by atoms with Crippen LogP contribution in [0.4, 0.5) is 0 Å². The predicted octanol–water partition coefficient (Wildman–Crippen LogP) is 4.06. The number of aromatic nitrogens is 2. The number of likely N-dealkylation sites (tertiary alicyclic amines) is 1. The second-order valence-electron chi connectivity index (χ2n) is 6.16. The minimum Gasteiger partial charge on any atom is -0.342 e. The summed E-state index contributed by atoms with van der Waals surface area (Å²) in [6.07, 6.45) is 2.73. The van der Waals surface area contributed by atoms with Crippen LogP contribution in [0.15, 0.2) is 35.3 Å². The second kappa shape index (κ2) is 6.87. The number of fused-ring (bicyclic) bond motifs is 1. The maximum absolute atomic E-state index is 12.3. The summed E-state index contributed by atoms with van der Waals surface area (Å²) in [5.41, 5.74) is 2.08. The molecule has 1 saturated heterocycles. The molecule has 122 valence electrons. The molecule has 0 aliphatic carbocycles. The van der Waals surface area contributed by atoms with Crippen molar-refractivity contribution in [1.82, 2.24) is 14.5 Å². The van der Waals surface area contributed by atoms with E-state index in [4.69, 9.17) is 4.98 Å². The molecule has 2 aromatic rings. The number of rotatable bonds is 6. The third kappa shape index (κ3) is 3.34. The number of imidazole rings is 1. The monoisotopic (exact) mass is 375 g/mol. The molecule has 1 amide bonds. The Balaban J connectivity index is 1.93. The molecule has 0 saturated carbocycles. The molecule has 4 nitrogen and oxygen atoms in total. The predicted molar refractivity (Wildman–Crippen MR) is 96.6 cm³/mol. The zero-order chi connectivity index (χ0) is 16.4. The van der Waals surface area contributed by atoms with E-state index in [2.05, 4.69) is 40.1 Å². The minimum absolute atomic E-state index is 0.165.